The molecule has 1 aliphatic carbocycles. The van der Waals surface area contributed by atoms with Crippen LogP contribution in [0.15, 0.2) is 61.2 Å². The number of fused-ring (bicyclic) bond motifs is 2. The highest BCUT2D eigenvalue weighted by Gasteiger charge is 2.36. The number of hydrogen-bond acceptors (Lipinski definition) is 0. The maximum atomic E-state index is 4.02. The van der Waals surface area contributed by atoms with Crippen LogP contribution in [0.5, 0.6) is 0 Å². The molecule has 0 saturated carbocycles. The predicted molar refractivity (Wildman–Crippen MR) is 86.2 cm³/mol. The van der Waals surface area contributed by atoms with Gasteiger partial charge in [-0.25, -0.2) is 0 Å². The number of benzene rings is 2. The van der Waals surface area contributed by atoms with Crippen molar-refractivity contribution >= 4 is 0 Å². The zero-order chi connectivity index (χ0) is 14.0. The molecule has 2 aromatic rings. The quantitative estimate of drug-likeness (QED) is 0.678. The minimum Gasteiger partial charge on any atom is -0.103 e. The molecule has 0 aliphatic heterocycles. The molecule has 0 unspecified atom stereocenters. The summed E-state index contributed by atoms with van der Waals surface area (Å²) in [5.41, 5.74) is 6.13. The Labute approximate surface area is 122 Å². The Morgan fingerprint density at radius 3 is 1.90 bits per heavy atom. The summed E-state index contributed by atoms with van der Waals surface area (Å²) in [6, 6.07) is 17.9. The monoisotopic (exact) mass is 262 g/mol. The molecule has 1 aliphatic rings. The number of rotatable bonds is 3. The van der Waals surface area contributed by atoms with Crippen LogP contribution in [0.25, 0.3) is 0 Å². The Hall–Kier alpha value is -1.82. The molecular weight excluding hydrogens is 240 g/mol. The van der Waals surface area contributed by atoms with E-state index >= 15 is 0 Å². The maximum absolute atomic E-state index is 4.02. The first-order valence-corrected chi connectivity index (χ1v) is 7.59. The van der Waals surface area contributed by atoms with Crippen LogP contribution in [-0.4, -0.2) is 0 Å². The van der Waals surface area contributed by atoms with E-state index in [0.29, 0.717) is 0 Å². The van der Waals surface area contributed by atoms with E-state index in [1.807, 2.05) is 0 Å². The standard InChI is InChI=1S/C20H22/c1-3-15-20(4-2)18-11-7-5-9-16(18)13-14-17-10-6-8-12-19(17)20/h3,5-12H,1,4,13-15H2,2H3. The van der Waals surface area contributed by atoms with Gasteiger partial charge in [0.25, 0.3) is 0 Å². The van der Waals surface area contributed by atoms with Crippen molar-refractivity contribution in [1.82, 2.24) is 0 Å². The number of allylic oxidation sites excluding steroid dienone is 1. The van der Waals surface area contributed by atoms with Crippen molar-refractivity contribution in [1.29, 1.82) is 0 Å². The van der Waals surface area contributed by atoms with Crippen LogP contribution >= 0.6 is 0 Å². The SMILES string of the molecule is C=CCC1(CC)c2ccccc2CCc2ccccc21. The van der Waals surface area contributed by atoms with Crippen LogP contribution < -0.4 is 0 Å². The van der Waals surface area contributed by atoms with Gasteiger partial charge in [-0.2, -0.15) is 0 Å². The predicted octanol–water partition coefficient (Wildman–Crippen LogP) is 5.06. The highest BCUT2D eigenvalue weighted by atomic mass is 14.4. The van der Waals surface area contributed by atoms with Crippen LogP contribution in [0.2, 0.25) is 0 Å². The summed E-state index contributed by atoms with van der Waals surface area (Å²) in [6.45, 7) is 6.33. The van der Waals surface area contributed by atoms with Gasteiger partial charge < -0.3 is 0 Å². The summed E-state index contributed by atoms with van der Waals surface area (Å²) in [5.74, 6) is 0. The molecule has 0 heteroatoms. The van der Waals surface area contributed by atoms with Gasteiger partial charge >= 0.3 is 0 Å². The lowest BCUT2D eigenvalue weighted by Gasteiger charge is -2.35. The van der Waals surface area contributed by atoms with Gasteiger partial charge in [-0.1, -0.05) is 61.5 Å². The van der Waals surface area contributed by atoms with Crippen LogP contribution in [0.3, 0.4) is 0 Å². The Kier molecular flexibility index (Phi) is 3.48. The third kappa shape index (κ3) is 1.91. The number of aryl methyl sites for hydroxylation is 2. The zero-order valence-electron chi connectivity index (χ0n) is 12.2. The Morgan fingerprint density at radius 2 is 1.45 bits per heavy atom. The van der Waals surface area contributed by atoms with E-state index < -0.39 is 0 Å². The van der Waals surface area contributed by atoms with Crippen LogP contribution in [-0.2, 0) is 18.3 Å². The molecule has 0 aromatic heterocycles. The molecule has 0 heterocycles. The van der Waals surface area contributed by atoms with E-state index in [4.69, 9.17) is 0 Å². The third-order valence-corrected chi connectivity index (χ3v) is 4.83. The van der Waals surface area contributed by atoms with E-state index in [9.17, 15) is 0 Å². The first-order valence-electron chi connectivity index (χ1n) is 7.59. The second kappa shape index (κ2) is 5.28. The minimum atomic E-state index is 0.103. The minimum absolute atomic E-state index is 0.103. The topological polar surface area (TPSA) is 0 Å². The average molecular weight is 262 g/mol. The highest BCUT2D eigenvalue weighted by molar-refractivity contribution is 5.50. The van der Waals surface area contributed by atoms with Gasteiger partial charge in [0.05, 0.1) is 0 Å². The van der Waals surface area contributed by atoms with Gasteiger partial charge in [0.15, 0.2) is 0 Å². The van der Waals surface area contributed by atoms with Gasteiger partial charge in [0, 0.05) is 5.41 Å². The summed E-state index contributed by atoms with van der Waals surface area (Å²) in [7, 11) is 0. The van der Waals surface area contributed by atoms with Gasteiger partial charge in [0.1, 0.15) is 0 Å². The summed E-state index contributed by atoms with van der Waals surface area (Å²) in [6.07, 6.45) is 6.51. The first-order chi connectivity index (χ1) is 9.81. The molecule has 0 bridgehead atoms. The fourth-order valence-electron chi connectivity index (χ4n) is 3.82. The smallest absolute Gasteiger partial charge is 0.0240 e. The van der Waals surface area contributed by atoms with Crippen LogP contribution in [0.4, 0.5) is 0 Å². The van der Waals surface area contributed by atoms with Gasteiger partial charge in [0.2, 0.25) is 0 Å². The summed E-state index contributed by atoms with van der Waals surface area (Å²) in [5, 5.41) is 0. The molecule has 0 saturated heterocycles. The second-order valence-corrected chi connectivity index (χ2v) is 5.74. The number of hydrogen-bond donors (Lipinski definition) is 0. The fourth-order valence-corrected chi connectivity index (χ4v) is 3.82. The molecule has 0 nitrogen and oxygen atoms in total. The molecule has 20 heavy (non-hydrogen) atoms. The van der Waals surface area contributed by atoms with Crippen LogP contribution in [0.1, 0.15) is 42.0 Å². The van der Waals surface area contributed by atoms with Crippen molar-refractivity contribution < 1.29 is 0 Å². The molecule has 0 amide bonds. The van der Waals surface area contributed by atoms with E-state index in [0.717, 1.165) is 25.7 Å². The molecule has 2 aromatic carbocycles. The molecule has 0 radical (unpaired) electrons. The molecule has 0 spiro atoms. The molecular formula is C20H22. The highest BCUT2D eigenvalue weighted by Crippen LogP contribution is 2.44. The van der Waals surface area contributed by atoms with E-state index in [1.165, 1.54) is 22.3 Å². The van der Waals surface area contributed by atoms with Crippen molar-refractivity contribution in [2.45, 2.75) is 38.0 Å². The maximum Gasteiger partial charge on any atom is 0.0240 e. The Bertz CT molecular complexity index is 574. The molecule has 0 N–H and O–H groups in total. The van der Waals surface area contributed by atoms with E-state index in [1.54, 1.807) is 0 Å². The Balaban J connectivity index is 2.31. The second-order valence-electron chi connectivity index (χ2n) is 5.74. The third-order valence-electron chi connectivity index (χ3n) is 4.83. The largest absolute Gasteiger partial charge is 0.103 e. The lowest BCUT2D eigenvalue weighted by molar-refractivity contribution is 0.500. The van der Waals surface area contributed by atoms with Crippen molar-refractivity contribution in [3.63, 3.8) is 0 Å². The van der Waals surface area contributed by atoms with Crippen molar-refractivity contribution in [2.24, 2.45) is 0 Å². The lowest BCUT2D eigenvalue weighted by Crippen LogP contribution is -2.27. The normalized spacial score (nSPS) is 15.8. The van der Waals surface area contributed by atoms with Crippen molar-refractivity contribution in [3.05, 3.63) is 83.4 Å². The zero-order valence-corrected chi connectivity index (χ0v) is 12.2. The lowest BCUT2D eigenvalue weighted by atomic mass is 9.68. The van der Waals surface area contributed by atoms with Crippen molar-refractivity contribution in [2.75, 3.05) is 0 Å². The van der Waals surface area contributed by atoms with E-state index in [2.05, 4.69) is 68.1 Å². The van der Waals surface area contributed by atoms with Crippen molar-refractivity contribution in [3.8, 4) is 0 Å². The van der Waals surface area contributed by atoms with Gasteiger partial charge in [-0.15, -0.1) is 6.58 Å². The molecule has 3 rings (SSSR count). The molecule has 0 atom stereocenters. The molecule has 102 valence electrons. The fraction of sp³-hybridized carbons (Fsp3) is 0.300. The summed E-state index contributed by atoms with van der Waals surface area (Å²) >= 11 is 0. The van der Waals surface area contributed by atoms with Crippen LogP contribution in [0, 0.1) is 0 Å². The van der Waals surface area contributed by atoms with Gasteiger partial charge in [-0.3, -0.25) is 0 Å². The first kappa shape index (κ1) is 13.2. The van der Waals surface area contributed by atoms with Gasteiger partial charge in [-0.05, 0) is 47.9 Å². The summed E-state index contributed by atoms with van der Waals surface area (Å²) in [4.78, 5) is 0. The van der Waals surface area contributed by atoms with E-state index in [-0.39, 0.29) is 5.41 Å². The Morgan fingerprint density at radius 1 is 0.950 bits per heavy atom. The summed E-state index contributed by atoms with van der Waals surface area (Å²) < 4.78 is 0. The molecule has 0 fully saturated rings. The average Bonchev–Trinajstić information content (AvgIpc) is 2.64.